The lowest BCUT2D eigenvalue weighted by atomic mass is 10.1. The number of ether oxygens (including phenoxy) is 1. The molecular weight excluding hydrogens is 366 g/mol. The Hall–Kier alpha value is -2.78. The summed E-state index contributed by atoms with van der Waals surface area (Å²) in [7, 11) is 0. The molecule has 0 radical (unpaired) electrons. The van der Waals surface area contributed by atoms with E-state index in [0.29, 0.717) is 29.9 Å². The first-order valence-corrected chi connectivity index (χ1v) is 9.49. The highest BCUT2D eigenvalue weighted by Crippen LogP contribution is 2.21. The summed E-state index contributed by atoms with van der Waals surface area (Å²) >= 11 is 1.33. The van der Waals surface area contributed by atoms with E-state index in [0.717, 1.165) is 24.2 Å². The summed E-state index contributed by atoms with van der Waals surface area (Å²) in [6.45, 7) is 5.03. The van der Waals surface area contributed by atoms with Crippen LogP contribution in [0.15, 0.2) is 35.3 Å². The van der Waals surface area contributed by atoms with E-state index >= 15 is 0 Å². The Labute approximate surface area is 159 Å². The second kappa shape index (κ2) is 7.45. The minimum atomic E-state index is -0.460. The van der Waals surface area contributed by atoms with Crippen molar-refractivity contribution in [2.75, 3.05) is 31.2 Å². The maximum absolute atomic E-state index is 12.7. The molecule has 0 atom stereocenters. The van der Waals surface area contributed by atoms with Crippen molar-refractivity contribution in [1.82, 2.24) is 19.9 Å². The number of carbonyl (C=O) groups is 1. The molecule has 1 N–H and O–H groups in total. The van der Waals surface area contributed by atoms with E-state index in [1.807, 2.05) is 31.2 Å². The van der Waals surface area contributed by atoms with E-state index in [4.69, 9.17) is 4.74 Å². The number of rotatable bonds is 4. The van der Waals surface area contributed by atoms with Gasteiger partial charge in [-0.1, -0.05) is 35.6 Å². The molecule has 1 fully saturated rings. The fourth-order valence-corrected chi connectivity index (χ4v) is 3.81. The molecule has 1 amide bonds. The molecule has 3 aromatic rings. The lowest BCUT2D eigenvalue weighted by molar-refractivity contribution is 0.0948. The van der Waals surface area contributed by atoms with Gasteiger partial charge in [0.25, 0.3) is 11.5 Å². The first-order chi connectivity index (χ1) is 13.1. The standard InChI is InChI=1S/C18H19N5O3S/c1-12-4-2-3-5-13(12)10-19-15(24)14-11-20-17-23(16(14)25)21-18(27-17)22-6-8-26-9-7-22/h2-5,11H,6-10H2,1H3,(H,19,24). The van der Waals surface area contributed by atoms with Gasteiger partial charge in [-0.3, -0.25) is 9.59 Å². The van der Waals surface area contributed by atoms with Gasteiger partial charge < -0.3 is 15.0 Å². The smallest absolute Gasteiger partial charge is 0.288 e. The third-order valence-electron chi connectivity index (χ3n) is 4.50. The number of aryl methyl sites for hydroxylation is 1. The zero-order valence-corrected chi connectivity index (χ0v) is 15.7. The van der Waals surface area contributed by atoms with Gasteiger partial charge in [-0.15, -0.1) is 5.10 Å². The van der Waals surface area contributed by atoms with Gasteiger partial charge in [-0.05, 0) is 18.1 Å². The largest absolute Gasteiger partial charge is 0.378 e. The molecule has 27 heavy (non-hydrogen) atoms. The number of anilines is 1. The predicted octanol–water partition coefficient (Wildman–Crippen LogP) is 1.23. The van der Waals surface area contributed by atoms with Crippen LogP contribution in [-0.4, -0.2) is 46.8 Å². The van der Waals surface area contributed by atoms with Crippen LogP contribution in [0.25, 0.3) is 4.96 Å². The number of nitrogens with one attached hydrogen (secondary N) is 1. The zero-order valence-electron chi connectivity index (χ0n) is 14.8. The monoisotopic (exact) mass is 385 g/mol. The summed E-state index contributed by atoms with van der Waals surface area (Å²) < 4.78 is 6.55. The van der Waals surface area contributed by atoms with Gasteiger partial charge in [0, 0.05) is 25.8 Å². The molecule has 0 unspecified atom stereocenters. The molecule has 2 aromatic heterocycles. The molecule has 0 bridgehead atoms. The van der Waals surface area contributed by atoms with Crippen LogP contribution in [0.2, 0.25) is 0 Å². The highest BCUT2D eigenvalue weighted by Gasteiger charge is 2.19. The van der Waals surface area contributed by atoms with Crippen LogP contribution in [-0.2, 0) is 11.3 Å². The van der Waals surface area contributed by atoms with Gasteiger partial charge >= 0.3 is 0 Å². The number of aromatic nitrogens is 3. The van der Waals surface area contributed by atoms with Gasteiger partial charge in [0.15, 0.2) is 0 Å². The maximum Gasteiger partial charge on any atom is 0.288 e. The summed E-state index contributed by atoms with van der Waals surface area (Å²) in [5.41, 5.74) is 1.61. The summed E-state index contributed by atoms with van der Waals surface area (Å²) in [6.07, 6.45) is 1.33. The van der Waals surface area contributed by atoms with E-state index in [1.54, 1.807) is 0 Å². The van der Waals surface area contributed by atoms with Crippen LogP contribution >= 0.6 is 11.3 Å². The number of hydrogen-bond donors (Lipinski definition) is 1. The van der Waals surface area contributed by atoms with Gasteiger partial charge in [0.2, 0.25) is 10.1 Å². The number of nitrogens with zero attached hydrogens (tertiary/aromatic N) is 4. The number of benzene rings is 1. The van der Waals surface area contributed by atoms with Crippen LogP contribution in [0.1, 0.15) is 21.5 Å². The lowest BCUT2D eigenvalue weighted by Gasteiger charge is -2.25. The average Bonchev–Trinajstić information content (AvgIpc) is 3.13. The van der Waals surface area contributed by atoms with Crippen molar-refractivity contribution >= 4 is 27.3 Å². The van der Waals surface area contributed by atoms with Gasteiger partial charge in [-0.25, -0.2) is 4.98 Å². The van der Waals surface area contributed by atoms with Crippen LogP contribution in [0.3, 0.4) is 0 Å². The summed E-state index contributed by atoms with van der Waals surface area (Å²) in [6, 6.07) is 7.78. The topological polar surface area (TPSA) is 88.8 Å². The SMILES string of the molecule is Cc1ccccc1CNC(=O)c1cnc2sc(N3CCOCC3)nn2c1=O. The minimum Gasteiger partial charge on any atom is -0.378 e. The Balaban J connectivity index is 1.56. The quantitative estimate of drug-likeness (QED) is 0.727. The molecule has 1 aromatic carbocycles. The van der Waals surface area contributed by atoms with Crippen molar-refractivity contribution in [1.29, 1.82) is 0 Å². The Morgan fingerprint density at radius 2 is 2.07 bits per heavy atom. The fraction of sp³-hybridized carbons (Fsp3) is 0.333. The molecule has 0 saturated carbocycles. The highest BCUT2D eigenvalue weighted by molar-refractivity contribution is 7.20. The van der Waals surface area contributed by atoms with Gasteiger partial charge in [0.05, 0.1) is 13.2 Å². The third kappa shape index (κ3) is 3.56. The van der Waals surface area contributed by atoms with Crippen molar-refractivity contribution < 1.29 is 9.53 Å². The second-order valence-electron chi connectivity index (χ2n) is 6.26. The Bertz CT molecular complexity index is 1040. The van der Waals surface area contributed by atoms with E-state index in [9.17, 15) is 9.59 Å². The Kier molecular flexibility index (Phi) is 4.87. The average molecular weight is 385 g/mol. The van der Waals surface area contributed by atoms with Crippen molar-refractivity contribution in [3.05, 3.63) is 57.5 Å². The van der Waals surface area contributed by atoms with Crippen LogP contribution in [0.4, 0.5) is 5.13 Å². The first kappa shape index (κ1) is 17.6. The fourth-order valence-electron chi connectivity index (χ4n) is 2.89. The molecule has 8 nitrogen and oxygen atoms in total. The van der Waals surface area contributed by atoms with Crippen molar-refractivity contribution in [3.8, 4) is 0 Å². The number of amides is 1. The number of fused-ring (bicyclic) bond motifs is 1. The summed E-state index contributed by atoms with van der Waals surface area (Å²) in [4.78, 5) is 32.0. The van der Waals surface area contributed by atoms with Crippen LogP contribution in [0.5, 0.6) is 0 Å². The van der Waals surface area contributed by atoms with E-state index in [2.05, 4.69) is 20.3 Å². The highest BCUT2D eigenvalue weighted by atomic mass is 32.1. The Morgan fingerprint density at radius 3 is 2.85 bits per heavy atom. The molecule has 1 aliphatic heterocycles. The normalized spacial score (nSPS) is 14.5. The Morgan fingerprint density at radius 1 is 1.30 bits per heavy atom. The molecule has 0 spiro atoms. The molecule has 9 heteroatoms. The molecule has 3 heterocycles. The predicted molar refractivity (Wildman–Crippen MR) is 103 cm³/mol. The molecule has 140 valence electrons. The molecular formula is C18H19N5O3S. The van der Waals surface area contributed by atoms with E-state index in [-0.39, 0.29) is 5.56 Å². The number of hydrogen-bond acceptors (Lipinski definition) is 7. The van der Waals surface area contributed by atoms with E-state index < -0.39 is 11.5 Å². The van der Waals surface area contributed by atoms with Crippen molar-refractivity contribution in [3.63, 3.8) is 0 Å². The minimum absolute atomic E-state index is 0.0140. The van der Waals surface area contributed by atoms with Gasteiger partial charge in [0.1, 0.15) is 5.56 Å². The lowest BCUT2D eigenvalue weighted by Crippen LogP contribution is -2.36. The summed E-state index contributed by atoms with van der Waals surface area (Å²) in [5, 5.41) is 7.86. The first-order valence-electron chi connectivity index (χ1n) is 8.68. The molecule has 1 aliphatic rings. The second-order valence-corrected chi connectivity index (χ2v) is 7.20. The van der Waals surface area contributed by atoms with Crippen molar-refractivity contribution in [2.45, 2.75) is 13.5 Å². The van der Waals surface area contributed by atoms with Crippen LogP contribution < -0.4 is 15.8 Å². The van der Waals surface area contributed by atoms with Crippen LogP contribution in [0, 0.1) is 6.92 Å². The zero-order chi connectivity index (χ0) is 18.8. The summed E-state index contributed by atoms with van der Waals surface area (Å²) in [5.74, 6) is -0.453. The molecule has 1 saturated heterocycles. The maximum atomic E-state index is 12.7. The molecule has 0 aliphatic carbocycles. The number of carbonyl (C=O) groups excluding carboxylic acids is 1. The van der Waals surface area contributed by atoms with E-state index in [1.165, 1.54) is 22.0 Å². The van der Waals surface area contributed by atoms with Crippen molar-refractivity contribution in [2.24, 2.45) is 0 Å². The third-order valence-corrected chi connectivity index (χ3v) is 5.49. The van der Waals surface area contributed by atoms with Gasteiger partial charge in [-0.2, -0.15) is 4.52 Å². The number of morpholine rings is 1. The molecule has 4 rings (SSSR count).